The summed E-state index contributed by atoms with van der Waals surface area (Å²) < 4.78 is 7.10. The van der Waals surface area contributed by atoms with Crippen molar-refractivity contribution in [2.75, 3.05) is 20.3 Å². The molecule has 1 aliphatic heterocycles. The molecule has 1 aliphatic rings. The second-order valence-electron chi connectivity index (χ2n) is 5.38. The van der Waals surface area contributed by atoms with Crippen molar-refractivity contribution in [2.24, 2.45) is 5.92 Å². The van der Waals surface area contributed by atoms with Crippen molar-refractivity contribution in [1.82, 2.24) is 14.7 Å². The van der Waals surface area contributed by atoms with Crippen LogP contribution in [0.3, 0.4) is 0 Å². The van der Waals surface area contributed by atoms with Crippen LogP contribution in [-0.4, -0.2) is 40.8 Å². The molecule has 110 valence electrons. The Morgan fingerprint density at radius 3 is 3.10 bits per heavy atom. The Kier molecular flexibility index (Phi) is 4.01. The maximum absolute atomic E-state index is 12.3. The van der Waals surface area contributed by atoms with Gasteiger partial charge in [0.15, 0.2) is 0 Å². The molecule has 2 aromatic rings. The van der Waals surface area contributed by atoms with Crippen molar-refractivity contribution < 1.29 is 9.53 Å². The van der Waals surface area contributed by atoms with E-state index in [0.717, 1.165) is 17.7 Å². The van der Waals surface area contributed by atoms with Gasteiger partial charge in [-0.1, -0.05) is 12.1 Å². The molecule has 2 heterocycles. The van der Waals surface area contributed by atoms with Gasteiger partial charge < -0.3 is 9.64 Å². The van der Waals surface area contributed by atoms with Gasteiger partial charge in [-0.05, 0) is 30.2 Å². The number of amides is 1. The third kappa shape index (κ3) is 3.13. The third-order valence-corrected chi connectivity index (χ3v) is 3.75. The minimum Gasteiger partial charge on any atom is -0.381 e. The Labute approximate surface area is 124 Å². The Morgan fingerprint density at radius 2 is 2.38 bits per heavy atom. The van der Waals surface area contributed by atoms with E-state index in [1.807, 2.05) is 42.2 Å². The zero-order valence-electron chi connectivity index (χ0n) is 12.1. The summed E-state index contributed by atoms with van der Waals surface area (Å²) in [6.45, 7) is 1.85. The van der Waals surface area contributed by atoms with E-state index in [9.17, 15) is 4.79 Å². The number of hydrogen-bond donors (Lipinski definition) is 0. The first kappa shape index (κ1) is 13.8. The van der Waals surface area contributed by atoms with E-state index in [-0.39, 0.29) is 11.8 Å². The van der Waals surface area contributed by atoms with Gasteiger partial charge in [0.1, 0.15) is 0 Å². The quantitative estimate of drug-likeness (QED) is 0.861. The molecule has 5 nitrogen and oxygen atoms in total. The van der Waals surface area contributed by atoms with Gasteiger partial charge in [-0.2, -0.15) is 5.10 Å². The summed E-state index contributed by atoms with van der Waals surface area (Å²) >= 11 is 0. The van der Waals surface area contributed by atoms with Crippen LogP contribution >= 0.6 is 0 Å². The number of hydrogen-bond acceptors (Lipinski definition) is 3. The molecule has 1 unspecified atom stereocenters. The number of nitrogens with zero attached hydrogens (tertiary/aromatic N) is 3. The molecule has 1 atom stereocenters. The normalized spacial score (nSPS) is 17.9. The van der Waals surface area contributed by atoms with Crippen molar-refractivity contribution in [2.45, 2.75) is 13.0 Å². The van der Waals surface area contributed by atoms with Gasteiger partial charge in [0.25, 0.3) is 0 Å². The molecular formula is C16H19N3O2. The average Bonchev–Trinajstić information content (AvgIpc) is 3.20. The van der Waals surface area contributed by atoms with Crippen molar-refractivity contribution in [1.29, 1.82) is 0 Å². The molecule has 0 bridgehead atoms. The molecule has 0 aliphatic carbocycles. The summed E-state index contributed by atoms with van der Waals surface area (Å²) in [5, 5.41) is 4.22. The number of rotatable bonds is 4. The van der Waals surface area contributed by atoms with Crippen molar-refractivity contribution in [3.05, 3.63) is 48.3 Å². The largest absolute Gasteiger partial charge is 0.381 e. The molecule has 3 rings (SSSR count). The lowest BCUT2D eigenvalue weighted by molar-refractivity contribution is -0.134. The maximum Gasteiger partial charge on any atom is 0.228 e. The lowest BCUT2D eigenvalue weighted by atomic mass is 10.1. The smallest absolute Gasteiger partial charge is 0.228 e. The minimum atomic E-state index is 0.0179. The summed E-state index contributed by atoms with van der Waals surface area (Å²) in [5.41, 5.74) is 2.10. The van der Waals surface area contributed by atoms with Gasteiger partial charge in [0, 0.05) is 32.6 Å². The van der Waals surface area contributed by atoms with Crippen molar-refractivity contribution in [3.8, 4) is 5.69 Å². The first-order valence-corrected chi connectivity index (χ1v) is 7.16. The number of ether oxygens (including phenoxy) is 1. The van der Waals surface area contributed by atoms with Crippen LogP contribution in [-0.2, 0) is 16.1 Å². The number of carbonyl (C=O) groups excluding carboxylic acids is 1. The molecule has 21 heavy (non-hydrogen) atoms. The van der Waals surface area contributed by atoms with E-state index in [2.05, 4.69) is 11.2 Å². The molecule has 1 fully saturated rings. The SMILES string of the molecule is CN(Cc1cccc(-n2cccn2)c1)C(=O)C1CCOC1. The molecule has 0 radical (unpaired) electrons. The van der Waals surface area contributed by atoms with Gasteiger partial charge >= 0.3 is 0 Å². The summed E-state index contributed by atoms with van der Waals surface area (Å²) in [5.74, 6) is 0.182. The molecule has 1 amide bonds. The highest BCUT2D eigenvalue weighted by Crippen LogP contribution is 2.17. The molecular weight excluding hydrogens is 266 g/mol. The predicted molar refractivity (Wildman–Crippen MR) is 79.0 cm³/mol. The highest BCUT2D eigenvalue weighted by Gasteiger charge is 2.26. The molecule has 0 saturated carbocycles. The molecule has 0 spiro atoms. The van der Waals surface area contributed by atoms with Gasteiger partial charge in [0.2, 0.25) is 5.91 Å². The van der Waals surface area contributed by atoms with E-state index >= 15 is 0 Å². The van der Waals surface area contributed by atoms with Crippen LogP contribution < -0.4 is 0 Å². The van der Waals surface area contributed by atoms with Crippen molar-refractivity contribution in [3.63, 3.8) is 0 Å². The lowest BCUT2D eigenvalue weighted by Crippen LogP contribution is -2.32. The second-order valence-corrected chi connectivity index (χ2v) is 5.38. The monoisotopic (exact) mass is 285 g/mol. The van der Waals surface area contributed by atoms with Gasteiger partial charge in [0.05, 0.1) is 18.2 Å². The summed E-state index contributed by atoms with van der Waals surface area (Å²) in [4.78, 5) is 14.1. The summed E-state index contributed by atoms with van der Waals surface area (Å²) in [6.07, 6.45) is 4.49. The Hall–Kier alpha value is -2.14. The van der Waals surface area contributed by atoms with E-state index < -0.39 is 0 Å². The number of carbonyl (C=O) groups is 1. The van der Waals surface area contributed by atoms with E-state index in [1.165, 1.54) is 0 Å². The van der Waals surface area contributed by atoms with Crippen LogP contribution in [0.5, 0.6) is 0 Å². The Morgan fingerprint density at radius 1 is 1.48 bits per heavy atom. The fourth-order valence-electron chi connectivity index (χ4n) is 2.61. The molecule has 1 aromatic carbocycles. The fourth-order valence-corrected chi connectivity index (χ4v) is 2.61. The second kappa shape index (κ2) is 6.10. The predicted octanol–water partition coefficient (Wildman–Crippen LogP) is 1.87. The summed E-state index contributed by atoms with van der Waals surface area (Å²) in [7, 11) is 1.85. The standard InChI is InChI=1S/C16H19N3O2/c1-18(16(20)14-6-9-21-12-14)11-13-4-2-5-15(10-13)19-8-3-7-17-19/h2-5,7-8,10,14H,6,9,11-12H2,1H3. The molecule has 1 saturated heterocycles. The van der Waals surface area contributed by atoms with Crippen LogP contribution in [0.4, 0.5) is 0 Å². The van der Waals surface area contributed by atoms with E-state index in [0.29, 0.717) is 19.8 Å². The topological polar surface area (TPSA) is 47.4 Å². The average molecular weight is 285 g/mol. The first-order valence-electron chi connectivity index (χ1n) is 7.16. The van der Waals surface area contributed by atoms with Gasteiger partial charge in [-0.25, -0.2) is 4.68 Å². The van der Waals surface area contributed by atoms with Gasteiger partial charge in [-0.15, -0.1) is 0 Å². The molecule has 1 aromatic heterocycles. The summed E-state index contributed by atoms with van der Waals surface area (Å²) in [6, 6.07) is 9.97. The lowest BCUT2D eigenvalue weighted by Gasteiger charge is -2.20. The van der Waals surface area contributed by atoms with Crippen LogP contribution in [0.25, 0.3) is 5.69 Å². The zero-order chi connectivity index (χ0) is 14.7. The van der Waals surface area contributed by atoms with Crippen LogP contribution in [0.1, 0.15) is 12.0 Å². The van der Waals surface area contributed by atoms with Crippen LogP contribution in [0.2, 0.25) is 0 Å². The highest BCUT2D eigenvalue weighted by molar-refractivity contribution is 5.79. The van der Waals surface area contributed by atoms with Crippen molar-refractivity contribution >= 4 is 5.91 Å². The van der Waals surface area contributed by atoms with E-state index in [1.54, 1.807) is 11.1 Å². The minimum absolute atomic E-state index is 0.0179. The Bertz CT molecular complexity index is 604. The highest BCUT2D eigenvalue weighted by atomic mass is 16.5. The zero-order valence-corrected chi connectivity index (χ0v) is 12.1. The maximum atomic E-state index is 12.3. The van der Waals surface area contributed by atoms with Crippen LogP contribution in [0.15, 0.2) is 42.7 Å². The Balaban J connectivity index is 1.69. The number of aromatic nitrogens is 2. The first-order chi connectivity index (χ1) is 10.2. The third-order valence-electron chi connectivity index (χ3n) is 3.75. The molecule has 5 heteroatoms. The molecule has 0 N–H and O–H groups in total. The fraction of sp³-hybridized carbons (Fsp3) is 0.375. The van der Waals surface area contributed by atoms with E-state index in [4.69, 9.17) is 4.74 Å². The number of benzene rings is 1. The van der Waals surface area contributed by atoms with Crippen LogP contribution in [0, 0.1) is 5.92 Å². The van der Waals surface area contributed by atoms with Gasteiger partial charge in [-0.3, -0.25) is 4.79 Å².